The Morgan fingerprint density at radius 1 is 1.53 bits per heavy atom. The molecule has 0 atom stereocenters. The number of likely N-dealkylation sites (N-methyl/N-ethyl adjacent to an activating group) is 2. The third-order valence-electron chi connectivity index (χ3n) is 2.57. The van der Waals surface area contributed by atoms with Gasteiger partial charge in [0.05, 0.1) is 11.5 Å². The van der Waals surface area contributed by atoms with Crippen molar-refractivity contribution in [2.45, 2.75) is 13.5 Å². The van der Waals surface area contributed by atoms with Gasteiger partial charge in [-0.25, -0.2) is 0 Å². The summed E-state index contributed by atoms with van der Waals surface area (Å²) >= 11 is 0. The standard InChI is InChI=1S/C12H18N4O3/c1-3-14-12(17)8-15(2)7-9-6-10(16(18)19)4-5-11(9)13/h4-6H,3,7-8,13H2,1-2H3,(H,14,17). The second-order valence-corrected chi connectivity index (χ2v) is 4.27. The Hall–Kier alpha value is -2.15. The number of hydrogen-bond acceptors (Lipinski definition) is 5. The van der Waals surface area contributed by atoms with Crippen molar-refractivity contribution >= 4 is 17.3 Å². The normalized spacial score (nSPS) is 10.5. The van der Waals surface area contributed by atoms with E-state index in [9.17, 15) is 14.9 Å². The maximum Gasteiger partial charge on any atom is 0.269 e. The van der Waals surface area contributed by atoms with E-state index in [1.807, 2.05) is 6.92 Å². The van der Waals surface area contributed by atoms with Gasteiger partial charge in [0.25, 0.3) is 5.69 Å². The molecule has 0 fully saturated rings. The summed E-state index contributed by atoms with van der Waals surface area (Å²) < 4.78 is 0. The molecule has 0 bridgehead atoms. The Morgan fingerprint density at radius 3 is 2.79 bits per heavy atom. The lowest BCUT2D eigenvalue weighted by molar-refractivity contribution is -0.384. The third-order valence-corrected chi connectivity index (χ3v) is 2.57. The summed E-state index contributed by atoms with van der Waals surface area (Å²) in [6.45, 7) is 3.02. The van der Waals surface area contributed by atoms with Gasteiger partial charge in [-0.1, -0.05) is 0 Å². The van der Waals surface area contributed by atoms with Crippen molar-refractivity contribution in [3.8, 4) is 0 Å². The summed E-state index contributed by atoms with van der Waals surface area (Å²) in [6.07, 6.45) is 0. The first-order chi connectivity index (χ1) is 8.93. The molecule has 0 radical (unpaired) electrons. The van der Waals surface area contributed by atoms with Gasteiger partial charge in [0.2, 0.25) is 5.91 Å². The SMILES string of the molecule is CCNC(=O)CN(C)Cc1cc([N+](=O)[O-])ccc1N. The Labute approximate surface area is 111 Å². The molecule has 0 heterocycles. The summed E-state index contributed by atoms with van der Waals surface area (Å²) in [7, 11) is 1.76. The van der Waals surface area contributed by atoms with Crippen LogP contribution in [0.2, 0.25) is 0 Å². The molecule has 0 aliphatic rings. The first-order valence-electron chi connectivity index (χ1n) is 5.92. The van der Waals surface area contributed by atoms with Gasteiger partial charge in [0.1, 0.15) is 0 Å². The average molecular weight is 266 g/mol. The van der Waals surface area contributed by atoms with E-state index in [1.54, 1.807) is 11.9 Å². The molecule has 0 aliphatic carbocycles. The highest BCUT2D eigenvalue weighted by Gasteiger charge is 2.12. The van der Waals surface area contributed by atoms with Gasteiger partial charge in [-0.15, -0.1) is 0 Å². The highest BCUT2D eigenvalue weighted by molar-refractivity contribution is 5.77. The molecule has 0 unspecified atom stereocenters. The number of non-ortho nitro benzene ring substituents is 1. The van der Waals surface area contributed by atoms with Crippen molar-refractivity contribution < 1.29 is 9.72 Å². The minimum atomic E-state index is -0.466. The molecular formula is C12H18N4O3. The number of benzene rings is 1. The number of nitrogens with one attached hydrogen (secondary N) is 1. The molecule has 0 saturated heterocycles. The van der Waals surface area contributed by atoms with Gasteiger partial charge < -0.3 is 11.1 Å². The quantitative estimate of drug-likeness (QED) is 0.449. The Bertz CT molecular complexity index is 476. The molecule has 19 heavy (non-hydrogen) atoms. The van der Waals surface area contributed by atoms with Crippen LogP contribution in [0.3, 0.4) is 0 Å². The summed E-state index contributed by atoms with van der Waals surface area (Å²) in [4.78, 5) is 23.4. The van der Waals surface area contributed by atoms with Crippen LogP contribution in [-0.4, -0.2) is 35.9 Å². The van der Waals surface area contributed by atoms with Crippen LogP contribution in [0.5, 0.6) is 0 Å². The predicted molar refractivity (Wildman–Crippen MR) is 72.5 cm³/mol. The molecule has 1 aromatic carbocycles. The number of rotatable bonds is 6. The van der Waals surface area contributed by atoms with E-state index in [0.717, 1.165) is 0 Å². The summed E-state index contributed by atoms with van der Waals surface area (Å²) in [5.41, 5.74) is 6.89. The van der Waals surface area contributed by atoms with Crippen LogP contribution < -0.4 is 11.1 Å². The third kappa shape index (κ3) is 4.55. The summed E-state index contributed by atoms with van der Waals surface area (Å²) in [5.74, 6) is -0.0889. The van der Waals surface area contributed by atoms with E-state index in [0.29, 0.717) is 24.3 Å². The first kappa shape index (κ1) is 14.9. The number of nitrogens with zero attached hydrogens (tertiary/aromatic N) is 2. The zero-order valence-corrected chi connectivity index (χ0v) is 11.0. The van der Waals surface area contributed by atoms with Gasteiger partial charge in [0, 0.05) is 30.9 Å². The van der Waals surface area contributed by atoms with Crippen LogP contribution in [-0.2, 0) is 11.3 Å². The molecule has 1 amide bonds. The Kier molecular flexibility index (Phi) is 5.25. The van der Waals surface area contributed by atoms with Crippen LogP contribution in [0, 0.1) is 10.1 Å². The van der Waals surface area contributed by atoms with Gasteiger partial charge >= 0.3 is 0 Å². The number of nitro benzene ring substituents is 1. The molecular weight excluding hydrogens is 248 g/mol. The number of hydrogen-bond donors (Lipinski definition) is 2. The van der Waals surface area contributed by atoms with Crippen LogP contribution in [0.4, 0.5) is 11.4 Å². The van der Waals surface area contributed by atoms with Gasteiger partial charge in [-0.2, -0.15) is 0 Å². The number of amides is 1. The van der Waals surface area contributed by atoms with Crippen LogP contribution in [0.25, 0.3) is 0 Å². The fraction of sp³-hybridized carbons (Fsp3) is 0.417. The monoisotopic (exact) mass is 266 g/mol. The van der Waals surface area contributed by atoms with Crippen molar-refractivity contribution in [1.82, 2.24) is 10.2 Å². The molecule has 7 nitrogen and oxygen atoms in total. The molecule has 104 valence electrons. The zero-order valence-electron chi connectivity index (χ0n) is 11.0. The molecule has 1 aromatic rings. The van der Waals surface area contributed by atoms with E-state index in [4.69, 9.17) is 5.73 Å². The molecule has 0 saturated carbocycles. The number of carbonyl (C=O) groups is 1. The number of nitrogens with two attached hydrogens (primary N) is 1. The van der Waals surface area contributed by atoms with Gasteiger partial charge in [0.15, 0.2) is 0 Å². The Morgan fingerprint density at radius 2 is 2.21 bits per heavy atom. The minimum Gasteiger partial charge on any atom is -0.398 e. The van der Waals surface area contributed by atoms with Crippen molar-refractivity contribution in [2.75, 3.05) is 25.9 Å². The molecule has 0 aliphatic heterocycles. The molecule has 3 N–H and O–H groups in total. The smallest absolute Gasteiger partial charge is 0.269 e. The van der Waals surface area contributed by atoms with E-state index >= 15 is 0 Å². The van der Waals surface area contributed by atoms with E-state index in [1.165, 1.54) is 18.2 Å². The lowest BCUT2D eigenvalue weighted by Crippen LogP contribution is -2.34. The molecule has 1 rings (SSSR count). The summed E-state index contributed by atoms with van der Waals surface area (Å²) in [6, 6.07) is 4.31. The van der Waals surface area contributed by atoms with Crippen LogP contribution in [0.1, 0.15) is 12.5 Å². The van der Waals surface area contributed by atoms with Crippen LogP contribution >= 0.6 is 0 Å². The lowest BCUT2D eigenvalue weighted by atomic mass is 10.1. The van der Waals surface area contributed by atoms with Crippen molar-refractivity contribution in [2.24, 2.45) is 0 Å². The maximum atomic E-state index is 11.4. The van der Waals surface area contributed by atoms with Crippen molar-refractivity contribution in [3.05, 3.63) is 33.9 Å². The minimum absolute atomic E-state index is 0.00407. The highest BCUT2D eigenvalue weighted by Crippen LogP contribution is 2.20. The van der Waals surface area contributed by atoms with E-state index in [2.05, 4.69) is 5.32 Å². The number of nitrogen functional groups attached to an aromatic ring is 1. The van der Waals surface area contributed by atoms with Crippen molar-refractivity contribution in [3.63, 3.8) is 0 Å². The first-order valence-corrected chi connectivity index (χ1v) is 5.92. The lowest BCUT2D eigenvalue weighted by Gasteiger charge is -2.17. The largest absolute Gasteiger partial charge is 0.398 e. The molecule has 0 aromatic heterocycles. The fourth-order valence-corrected chi connectivity index (χ4v) is 1.69. The highest BCUT2D eigenvalue weighted by atomic mass is 16.6. The maximum absolute atomic E-state index is 11.4. The number of carbonyl (C=O) groups excluding carboxylic acids is 1. The molecule has 0 spiro atoms. The fourth-order valence-electron chi connectivity index (χ4n) is 1.69. The van der Waals surface area contributed by atoms with E-state index in [-0.39, 0.29) is 18.1 Å². The topological polar surface area (TPSA) is 102 Å². The van der Waals surface area contributed by atoms with Crippen molar-refractivity contribution in [1.29, 1.82) is 0 Å². The van der Waals surface area contributed by atoms with Crippen LogP contribution in [0.15, 0.2) is 18.2 Å². The molecule has 7 heteroatoms. The van der Waals surface area contributed by atoms with Gasteiger partial charge in [-0.05, 0) is 25.6 Å². The second kappa shape index (κ2) is 6.69. The van der Waals surface area contributed by atoms with Gasteiger partial charge in [-0.3, -0.25) is 19.8 Å². The number of nitro groups is 1. The number of anilines is 1. The average Bonchev–Trinajstić information content (AvgIpc) is 2.31. The Balaban J connectivity index is 2.73. The second-order valence-electron chi connectivity index (χ2n) is 4.27. The predicted octanol–water partition coefficient (Wildman–Crippen LogP) is 0.745. The van der Waals surface area contributed by atoms with E-state index < -0.39 is 4.92 Å². The zero-order chi connectivity index (χ0) is 14.4. The summed E-state index contributed by atoms with van der Waals surface area (Å²) in [5, 5.41) is 13.4.